The molecule has 1 saturated heterocycles. The first kappa shape index (κ1) is 15.7. The quantitative estimate of drug-likeness (QED) is 0.835. The molecule has 2 atom stereocenters. The van der Waals surface area contributed by atoms with E-state index in [9.17, 15) is 4.39 Å². The van der Waals surface area contributed by atoms with Crippen molar-refractivity contribution in [1.82, 2.24) is 4.90 Å². The summed E-state index contributed by atoms with van der Waals surface area (Å²) in [6.07, 6.45) is 0.226. The van der Waals surface area contributed by atoms with Crippen LogP contribution in [0.15, 0.2) is 54.6 Å². The van der Waals surface area contributed by atoms with Gasteiger partial charge in [0.2, 0.25) is 0 Å². The number of rotatable bonds is 4. The topological polar surface area (TPSA) is 27.0 Å². The van der Waals surface area contributed by atoms with E-state index in [0.29, 0.717) is 13.0 Å². The minimum Gasteiger partial charge on any atom is -0.296 e. The molecule has 0 amide bonds. The molecule has 3 heteroatoms. The normalized spacial score (nSPS) is 21.7. The van der Waals surface area contributed by atoms with Crippen molar-refractivity contribution in [2.45, 2.75) is 25.6 Å². The van der Waals surface area contributed by atoms with Gasteiger partial charge in [0.15, 0.2) is 0 Å². The van der Waals surface area contributed by atoms with Crippen LogP contribution in [0.2, 0.25) is 0 Å². The van der Waals surface area contributed by atoms with Crippen LogP contribution >= 0.6 is 0 Å². The average molecular weight is 308 g/mol. The summed E-state index contributed by atoms with van der Waals surface area (Å²) in [6.45, 7) is 2.08. The van der Waals surface area contributed by atoms with Gasteiger partial charge in [0.05, 0.1) is 6.07 Å². The van der Waals surface area contributed by atoms with E-state index in [0.717, 1.165) is 19.5 Å². The number of nitrogens with zero attached hydrogens (tertiary/aromatic N) is 2. The van der Waals surface area contributed by atoms with E-state index in [4.69, 9.17) is 5.26 Å². The fourth-order valence-electron chi connectivity index (χ4n) is 3.20. The van der Waals surface area contributed by atoms with Crippen LogP contribution in [0.3, 0.4) is 0 Å². The number of hydrogen-bond acceptors (Lipinski definition) is 2. The molecular weight excluding hydrogens is 287 g/mol. The maximum Gasteiger partial charge on any atom is 0.117 e. The Bertz CT molecular complexity index is 660. The lowest BCUT2D eigenvalue weighted by Crippen LogP contribution is -2.41. The molecule has 0 aromatic heterocycles. The highest BCUT2D eigenvalue weighted by molar-refractivity contribution is 5.63. The molecule has 2 nitrogen and oxygen atoms in total. The number of halogens is 1. The van der Waals surface area contributed by atoms with E-state index in [1.165, 1.54) is 16.7 Å². The van der Waals surface area contributed by atoms with E-state index in [2.05, 4.69) is 47.4 Å². The second kappa shape index (κ2) is 7.39. The fraction of sp³-hybridized carbons (Fsp3) is 0.350. The molecule has 0 aliphatic carbocycles. The Labute approximate surface area is 137 Å². The van der Waals surface area contributed by atoms with Gasteiger partial charge in [-0.2, -0.15) is 5.26 Å². The molecule has 0 bridgehead atoms. The van der Waals surface area contributed by atoms with Crippen LogP contribution < -0.4 is 0 Å². The van der Waals surface area contributed by atoms with Crippen molar-refractivity contribution in [1.29, 1.82) is 5.26 Å². The molecule has 1 fully saturated rings. The Hall–Kier alpha value is -2.18. The van der Waals surface area contributed by atoms with Crippen LogP contribution in [-0.4, -0.2) is 24.2 Å². The average Bonchev–Trinajstić information content (AvgIpc) is 2.59. The lowest BCUT2D eigenvalue weighted by Gasteiger charge is -2.33. The van der Waals surface area contributed by atoms with Crippen LogP contribution in [0.5, 0.6) is 0 Å². The molecular formula is C20H21FN2. The molecule has 0 N–H and O–H groups in total. The molecule has 0 unspecified atom stereocenters. The molecule has 0 saturated carbocycles. The number of benzene rings is 2. The summed E-state index contributed by atoms with van der Waals surface area (Å²) in [5, 5.41) is 8.73. The summed E-state index contributed by atoms with van der Waals surface area (Å²) in [5.74, 6) is -0.0864. The van der Waals surface area contributed by atoms with E-state index < -0.39 is 6.17 Å². The highest BCUT2D eigenvalue weighted by Crippen LogP contribution is 2.25. The summed E-state index contributed by atoms with van der Waals surface area (Å²) >= 11 is 0. The van der Waals surface area contributed by atoms with Gasteiger partial charge < -0.3 is 0 Å². The smallest absolute Gasteiger partial charge is 0.117 e. The first-order chi connectivity index (χ1) is 11.3. The monoisotopic (exact) mass is 308 g/mol. The van der Waals surface area contributed by atoms with Gasteiger partial charge in [-0.05, 0) is 29.7 Å². The predicted octanol–water partition coefficient (Wildman–Crippen LogP) is 4.43. The van der Waals surface area contributed by atoms with Crippen LogP contribution in [0, 0.1) is 17.2 Å². The molecule has 0 spiro atoms. The van der Waals surface area contributed by atoms with E-state index in [-0.39, 0.29) is 5.92 Å². The third-order valence-electron chi connectivity index (χ3n) is 4.58. The van der Waals surface area contributed by atoms with Crippen molar-refractivity contribution >= 4 is 0 Å². The van der Waals surface area contributed by atoms with Crippen LogP contribution in [0.1, 0.15) is 18.4 Å². The zero-order valence-corrected chi connectivity index (χ0v) is 13.2. The van der Waals surface area contributed by atoms with Crippen molar-refractivity contribution in [3.05, 3.63) is 60.2 Å². The molecule has 2 aromatic rings. The third kappa shape index (κ3) is 3.97. The summed E-state index contributed by atoms with van der Waals surface area (Å²) in [5.41, 5.74) is 3.61. The lowest BCUT2D eigenvalue weighted by atomic mass is 9.92. The van der Waals surface area contributed by atoms with Gasteiger partial charge in [-0.3, -0.25) is 4.90 Å². The Balaban J connectivity index is 1.60. The van der Waals surface area contributed by atoms with Crippen molar-refractivity contribution < 1.29 is 4.39 Å². The van der Waals surface area contributed by atoms with E-state index in [1.807, 2.05) is 18.2 Å². The van der Waals surface area contributed by atoms with Gasteiger partial charge in [-0.15, -0.1) is 0 Å². The molecule has 1 aliphatic heterocycles. The Morgan fingerprint density at radius 1 is 1.04 bits per heavy atom. The lowest BCUT2D eigenvalue weighted by molar-refractivity contribution is 0.0821. The number of piperidine rings is 1. The molecule has 1 aliphatic rings. The van der Waals surface area contributed by atoms with Gasteiger partial charge in [0, 0.05) is 25.4 Å². The Morgan fingerprint density at radius 3 is 2.39 bits per heavy atom. The van der Waals surface area contributed by atoms with Gasteiger partial charge in [-0.1, -0.05) is 54.6 Å². The predicted molar refractivity (Wildman–Crippen MR) is 90.4 cm³/mol. The van der Waals surface area contributed by atoms with Crippen LogP contribution in [0.25, 0.3) is 11.1 Å². The summed E-state index contributed by atoms with van der Waals surface area (Å²) < 4.78 is 14.1. The van der Waals surface area contributed by atoms with Crippen molar-refractivity contribution in [3.8, 4) is 17.2 Å². The van der Waals surface area contributed by atoms with Gasteiger partial charge in [-0.25, -0.2) is 4.39 Å². The number of hydrogen-bond donors (Lipinski definition) is 0. The van der Waals surface area contributed by atoms with Crippen LogP contribution in [0.4, 0.5) is 4.39 Å². The largest absolute Gasteiger partial charge is 0.296 e. The van der Waals surface area contributed by atoms with E-state index >= 15 is 0 Å². The van der Waals surface area contributed by atoms with Gasteiger partial charge in [0.25, 0.3) is 0 Å². The van der Waals surface area contributed by atoms with Crippen LogP contribution in [-0.2, 0) is 6.54 Å². The summed E-state index contributed by atoms with van der Waals surface area (Å²) in [6, 6.07) is 20.9. The maximum atomic E-state index is 14.1. The SMILES string of the molecule is N#CC[C@@H]1CCN(Cc2ccc(-c3ccccc3)cc2)C[C@H]1F. The number of alkyl halides is 1. The molecule has 1 heterocycles. The van der Waals surface area contributed by atoms with Crippen molar-refractivity contribution in [3.63, 3.8) is 0 Å². The standard InChI is InChI=1S/C20H21FN2/c21-20-15-23(13-11-19(20)10-12-22)14-16-6-8-18(9-7-16)17-4-2-1-3-5-17/h1-9,19-20H,10-11,13-15H2/t19-,20-/m1/s1. The molecule has 3 rings (SSSR count). The minimum absolute atomic E-state index is 0.0864. The van der Waals surface area contributed by atoms with Crippen molar-refractivity contribution in [2.24, 2.45) is 5.92 Å². The second-order valence-corrected chi connectivity index (χ2v) is 6.23. The zero-order valence-electron chi connectivity index (χ0n) is 13.2. The Morgan fingerprint density at radius 2 is 1.74 bits per heavy atom. The van der Waals surface area contributed by atoms with Gasteiger partial charge in [0.1, 0.15) is 6.17 Å². The first-order valence-corrected chi connectivity index (χ1v) is 8.14. The third-order valence-corrected chi connectivity index (χ3v) is 4.58. The highest BCUT2D eigenvalue weighted by Gasteiger charge is 2.28. The summed E-state index contributed by atoms with van der Waals surface area (Å²) in [7, 11) is 0. The Kier molecular flexibility index (Phi) is 5.05. The van der Waals surface area contributed by atoms with E-state index in [1.54, 1.807) is 0 Å². The molecule has 118 valence electrons. The molecule has 23 heavy (non-hydrogen) atoms. The molecule has 2 aromatic carbocycles. The summed E-state index contributed by atoms with van der Waals surface area (Å²) in [4.78, 5) is 2.15. The highest BCUT2D eigenvalue weighted by atomic mass is 19.1. The van der Waals surface area contributed by atoms with Gasteiger partial charge >= 0.3 is 0 Å². The first-order valence-electron chi connectivity index (χ1n) is 8.14. The molecule has 0 radical (unpaired) electrons. The minimum atomic E-state index is -0.882. The van der Waals surface area contributed by atoms with Crippen molar-refractivity contribution in [2.75, 3.05) is 13.1 Å². The maximum absolute atomic E-state index is 14.1. The number of likely N-dealkylation sites (tertiary alicyclic amines) is 1. The zero-order chi connectivity index (χ0) is 16.1. The fourth-order valence-corrected chi connectivity index (χ4v) is 3.20. The second-order valence-electron chi connectivity index (χ2n) is 6.23. The number of nitriles is 1.